The molecule has 0 N–H and O–H groups in total. The lowest BCUT2D eigenvalue weighted by Crippen LogP contribution is -2.03. The standard InChI is InChI=1S/C9H16O2/c1-7(2)5-6-9(10)11-8(3)4/h7H,3,5-6H2,1-2,4H3. The van der Waals surface area contributed by atoms with Crippen molar-refractivity contribution in [3.8, 4) is 0 Å². The van der Waals surface area contributed by atoms with Gasteiger partial charge < -0.3 is 4.74 Å². The molecule has 0 spiro atoms. The molecule has 0 aromatic heterocycles. The van der Waals surface area contributed by atoms with Crippen LogP contribution >= 0.6 is 0 Å². The van der Waals surface area contributed by atoms with E-state index in [1.54, 1.807) is 6.92 Å². The van der Waals surface area contributed by atoms with Gasteiger partial charge in [-0.15, -0.1) is 0 Å². The fourth-order valence-electron chi connectivity index (χ4n) is 0.652. The molecule has 0 atom stereocenters. The van der Waals surface area contributed by atoms with Crippen LogP contribution in [0.5, 0.6) is 0 Å². The highest BCUT2D eigenvalue weighted by molar-refractivity contribution is 5.70. The van der Waals surface area contributed by atoms with E-state index in [4.69, 9.17) is 4.74 Å². The number of carbonyl (C=O) groups is 1. The molecule has 0 amide bonds. The molecule has 0 aliphatic rings. The highest BCUT2D eigenvalue weighted by atomic mass is 16.5. The van der Waals surface area contributed by atoms with Crippen LogP contribution in [0.4, 0.5) is 0 Å². The molecule has 0 aromatic carbocycles. The van der Waals surface area contributed by atoms with Crippen molar-refractivity contribution >= 4 is 5.97 Å². The second-order valence-electron chi connectivity index (χ2n) is 3.11. The van der Waals surface area contributed by atoms with Crippen molar-refractivity contribution in [2.24, 2.45) is 5.92 Å². The van der Waals surface area contributed by atoms with Crippen LogP contribution in [0.2, 0.25) is 0 Å². The Morgan fingerprint density at radius 3 is 2.45 bits per heavy atom. The molecule has 2 nitrogen and oxygen atoms in total. The SMILES string of the molecule is C=C(C)OC(=O)CCC(C)C. The van der Waals surface area contributed by atoms with E-state index in [9.17, 15) is 4.79 Å². The van der Waals surface area contributed by atoms with Gasteiger partial charge in [-0.25, -0.2) is 0 Å². The van der Waals surface area contributed by atoms with Crippen LogP contribution in [0, 0.1) is 5.92 Å². The molecular formula is C9H16O2. The molecule has 2 heteroatoms. The first kappa shape index (κ1) is 10.2. The summed E-state index contributed by atoms with van der Waals surface area (Å²) < 4.78 is 4.77. The van der Waals surface area contributed by atoms with Gasteiger partial charge >= 0.3 is 5.97 Å². The van der Waals surface area contributed by atoms with Crippen molar-refractivity contribution in [2.45, 2.75) is 33.6 Å². The molecule has 0 unspecified atom stereocenters. The quantitative estimate of drug-likeness (QED) is 0.461. The maximum atomic E-state index is 10.9. The van der Waals surface area contributed by atoms with Gasteiger partial charge in [0.25, 0.3) is 0 Å². The number of allylic oxidation sites excluding steroid dienone is 1. The van der Waals surface area contributed by atoms with Crippen molar-refractivity contribution in [2.75, 3.05) is 0 Å². The molecule has 0 heterocycles. The van der Waals surface area contributed by atoms with Gasteiger partial charge in [-0.2, -0.15) is 0 Å². The summed E-state index contributed by atoms with van der Waals surface area (Å²) in [6.07, 6.45) is 1.37. The van der Waals surface area contributed by atoms with Gasteiger partial charge in [-0.1, -0.05) is 20.4 Å². The zero-order valence-corrected chi connectivity index (χ0v) is 7.52. The van der Waals surface area contributed by atoms with E-state index in [-0.39, 0.29) is 5.97 Å². The lowest BCUT2D eigenvalue weighted by molar-refractivity contribution is -0.139. The molecule has 0 bridgehead atoms. The average molecular weight is 156 g/mol. The lowest BCUT2D eigenvalue weighted by atomic mass is 10.1. The Bertz CT molecular complexity index is 148. The third-order valence-electron chi connectivity index (χ3n) is 1.21. The summed E-state index contributed by atoms with van der Waals surface area (Å²) in [5.74, 6) is 0.845. The molecular weight excluding hydrogens is 140 g/mol. The maximum absolute atomic E-state index is 10.9. The number of hydrogen-bond acceptors (Lipinski definition) is 2. The predicted molar refractivity (Wildman–Crippen MR) is 45.0 cm³/mol. The summed E-state index contributed by atoms with van der Waals surface area (Å²) >= 11 is 0. The minimum absolute atomic E-state index is 0.175. The molecule has 0 saturated heterocycles. The predicted octanol–water partition coefficient (Wildman–Crippen LogP) is 2.50. The first-order valence-electron chi connectivity index (χ1n) is 3.88. The Balaban J connectivity index is 3.46. The van der Waals surface area contributed by atoms with Gasteiger partial charge in [0, 0.05) is 6.42 Å². The lowest BCUT2D eigenvalue weighted by Gasteiger charge is -2.04. The average Bonchev–Trinajstić information content (AvgIpc) is 1.82. The van der Waals surface area contributed by atoms with E-state index in [1.807, 2.05) is 0 Å². The minimum Gasteiger partial charge on any atom is -0.432 e. The summed E-state index contributed by atoms with van der Waals surface area (Å²) in [4.78, 5) is 10.9. The normalized spacial score (nSPS) is 9.82. The summed E-state index contributed by atoms with van der Waals surface area (Å²) in [5, 5.41) is 0. The first-order valence-corrected chi connectivity index (χ1v) is 3.88. The van der Waals surface area contributed by atoms with Gasteiger partial charge in [0.15, 0.2) is 0 Å². The van der Waals surface area contributed by atoms with Gasteiger partial charge in [-0.3, -0.25) is 4.79 Å². The zero-order valence-electron chi connectivity index (χ0n) is 7.52. The molecule has 0 fully saturated rings. The third kappa shape index (κ3) is 7.10. The molecule has 0 radical (unpaired) electrons. The number of ether oxygens (including phenoxy) is 1. The summed E-state index contributed by atoms with van der Waals surface area (Å²) in [7, 11) is 0. The van der Waals surface area contributed by atoms with Crippen LogP contribution in [0.25, 0.3) is 0 Å². The number of rotatable bonds is 4. The Labute approximate surface area is 68.2 Å². The fourth-order valence-corrected chi connectivity index (χ4v) is 0.652. The van der Waals surface area contributed by atoms with Crippen molar-refractivity contribution in [3.05, 3.63) is 12.3 Å². The monoisotopic (exact) mass is 156 g/mol. The molecule has 0 aliphatic carbocycles. The molecule has 11 heavy (non-hydrogen) atoms. The molecule has 0 aromatic rings. The fraction of sp³-hybridized carbons (Fsp3) is 0.667. The summed E-state index contributed by atoms with van der Waals surface area (Å²) in [6.45, 7) is 9.31. The summed E-state index contributed by atoms with van der Waals surface area (Å²) in [6, 6.07) is 0. The maximum Gasteiger partial charge on any atom is 0.310 e. The van der Waals surface area contributed by atoms with E-state index in [1.165, 1.54) is 0 Å². The minimum atomic E-state index is -0.175. The van der Waals surface area contributed by atoms with Crippen molar-refractivity contribution < 1.29 is 9.53 Å². The number of hydrogen-bond donors (Lipinski definition) is 0. The Kier molecular flexibility index (Phi) is 4.59. The highest BCUT2D eigenvalue weighted by Crippen LogP contribution is 2.05. The van der Waals surface area contributed by atoms with Crippen LogP contribution in [0.15, 0.2) is 12.3 Å². The third-order valence-corrected chi connectivity index (χ3v) is 1.21. The van der Waals surface area contributed by atoms with Crippen LogP contribution in [-0.2, 0) is 9.53 Å². The van der Waals surface area contributed by atoms with Crippen LogP contribution in [0.3, 0.4) is 0 Å². The number of esters is 1. The molecule has 0 rings (SSSR count). The second-order valence-corrected chi connectivity index (χ2v) is 3.11. The van der Waals surface area contributed by atoms with E-state index in [0.717, 1.165) is 6.42 Å². The second kappa shape index (κ2) is 4.94. The van der Waals surface area contributed by atoms with Gasteiger partial charge in [0.2, 0.25) is 0 Å². The van der Waals surface area contributed by atoms with Crippen LogP contribution < -0.4 is 0 Å². The van der Waals surface area contributed by atoms with Gasteiger partial charge in [-0.05, 0) is 19.3 Å². The molecule has 0 saturated carbocycles. The number of carbonyl (C=O) groups excluding carboxylic acids is 1. The Morgan fingerprint density at radius 2 is 2.09 bits per heavy atom. The van der Waals surface area contributed by atoms with Gasteiger partial charge in [0.05, 0.1) is 5.76 Å². The van der Waals surface area contributed by atoms with E-state index in [0.29, 0.717) is 18.1 Å². The Hall–Kier alpha value is -0.790. The van der Waals surface area contributed by atoms with Crippen molar-refractivity contribution in [3.63, 3.8) is 0 Å². The highest BCUT2D eigenvalue weighted by Gasteiger charge is 2.03. The van der Waals surface area contributed by atoms with Gasteiger partial charge in [0.1, 0.15) is 0 Å². The smallest absolute Gasteiger partial charge is 0.310 e. The van der Waals surface area contributed by atoms with Crippen LogP contribution in [0.1, 0.15) is 33.6 Å². The topological polar surface area (TPSA) is 26.3 Å². The van der Waals surface area contributed by atoms with Crippen LogP contribution in [-0.4, -0.2) is 5.97 Å². The van der Waals surface area contributed by atoms with E-state index >= 15 is 0 Å². The van der Waals surface area contributed by atoms with Crippen molar-refractivity contribution in [1.29, 1.82) is 0 Å². The van der Waals surface area contributed by atoms with Crippen molar-refractivity contribution in [1.82, 2.24) is 0 Å². The first-order chi connectivity index (χ1) is 5.02. The zero-order chi connectivity index (χ0) is 8.85. The summed E-state index contributed by atoms with van der Waals surface area (Å²) in [5.41, 5.74) is 0. The molecule has 64 valence electrons. The Morgan fingerprint density at radius 1 is 1.55 bits per heavy atom. The molecule has 0 aliphatic heterocycles. The van der Waals surface area contributed by atoms with E-state index < -0.39 is 0 Å². The van der Waals surface area contributed by atoms with E-state index in [2.05, 4.69) is 20.4 Å². The largest absolute Gasteiger partial charge is 0.432 e.